The number of hydrogen-bond acceptors (Lipinski definition) is 2. The van der Waals surface area contributed by atoms with Crippen LogP contribution in [0.4, 0.5) is 5.69 Å². The van der Waals surface area contributed by atoms with Gasteiger partial charge in [-0.15, -0.1) is 0 Å². The van der Waals surface area contributed by atoms with Gasteiger partial charge in [-0.2, -0.15) is 0 Å². The third-order valence-electron chi connectivity index (χ3n) is 3.40. The van der Waals surface area contributed by atoms with E-state index in [0.717, 1.165) is 29.0 Å². The normalized spacial score (nSPS) is 19.6. The Morgan fingerprint density at radius 3 is 2.62 bits per heavy atom. The summed E-state index contributed by atoms with van der Waals surface area (Å²) in [5.74, 6) is 0. The molecule has 1 aromatic carbocycles. The van der Waals surface area contributed by atoms with Crippen LogP contribution < -0.4 is 5.73 Å². The molecule has 1 aliphatic rings. The third-order valence-corrected chi connectivity index (χ3v) is 5.35. The van der Waals surface area contributed by atoms with Gasteiger partial charge in [0.2, 0.25) is 0 Å². The van der Waals surface area contributed by atoms with E-state index in [9.17, 15) is 4.21 Å². The molecule has 1 saturated carbocycles. The van der Waals surface area contributed by atoms with Crippen molar-refractivity contribution in [1.29, 1.82) is 0 Å². The van der Waals surface area contributed by atoms with Crippen molar-refractivity contribution >= 4 is 16.5 Å². The van der Waals surface area contributed by atoms with Crippen LogP contribution in [0.15, 0.2) is 23.1 Å². The first-order valence-electron chi connectivity index (χ1n) is 5.96. The maximum atomic E-state index is 12.4. The molecule has 1 atom stereocenters. The predicted molar refractivity (Wildman–Crippen MR) is 68.9 cm³/mol. The Morgan fingerprint density at radius 1 is 1.25 bits per heavy atom. The van der Waals surface area contributed by atoms with E-state index >= 15 is 0 Å². The zero-order valence-corrected chi connectivity index (χ0v) is 10.6. The Labute approximate surface area is 99.7 Å². The second-order valence-corrected chi connectivity index (χ2v) is 6.23. The second kappa shape index (κ2) is 5.00. The summed E-state index contributed by atoms with van der Waals surface area (Å²) in [5, 5.41) is 0.342. The van der Waals surface area contributed by atoms with Crippen LogP contribution in [0, 0.1) is 6.92 Å². The SMILES string of the molecule is Cc1c(N)cccc1S(=O)C1CCCCC1. The molecule has 3 heteroatoms. The first-order valence-corrected chi connectivity index (χ1v) is 7.17. The van der Waals surface area contributed by atoms with E-state index in [1.54, 1.807) is 0 Å². The summed E-state index contributed by atoms with van der Waals surface area (Å²) in [5.41, 5.74) is 7.60. The van der Waals surface area contributed by atoms with Gasteiger partial charge in [-0.1, -0.05) is 25.3 Å². The van der Waals surface area contributed by atoms with Gasteiger partial charge in [-0.3, -0.25) is 4.21 Å². The van der Waals surface area contributed by atoms with Crippen LogP contribution in [0.2, 0.25) is 0 Å². The summed E-state index contributed by atoms with van der Waals surface area (Å²) < 4.78 is 12.4. The number of benzene rings is 1. The molecule has 0 spiro atoms. The maximum absolute atomic E-state index is 12.4. The minimum Gasteiger partial charge on any atom is -0.398 e. The Bertz CT molecular complexity index is 397. The zero-order chi connectivity index (χ0) is 11.5. The molecule has 0 saturated heterocycles. The maximum Gasteiger partial charge on any atom is 0.0564 e. The molecule has 1 unspecified atom stereocenters. The van der Waals surface area contributed by atoms with Crippen molar-refractivity contribution in [2.45, 2.75) is 49.2 Å². The van der Waals surface area contributed by atoms with E-state index in [-0.39, 0.29) is 0 Å². The zero-order valence-electron chi connectivity index (χ0n) is 9.74. The van der Waals surface area contributed by atoms with Crippen LogP contribution in [0.5, 0.6) is 0 Å². The lowest BCUT2D eigenvalue weighted by Gasteiger charge is -2.22. The highest BCUT2D eigenvalue weighted by atomic mass is 32.2. The van der Waals surface area contributed by atoms with Gasteiger partial charge in [0, 0.05) is 15.8 Å². The third kappa shape index (κ3) is 2.29. The first-order chi connectivity index (χ1) is 7.70. The summed E-state index contributed by atoms with van der Waals surface area (Å²) in [6.07, 6.45) is 5.93. The van der Waals surface area contributed by atoms with E-state index < -0.39 is 10.8 Å². The molecule has 0 amide bonds. The molecular formula is C13H19NOS. The van der Waals surface area contributed by atoms with Gasteiger partial charge < -0.3 is 5.73 Å². The number of nitrogen functional groups attached to an aromatic ring is 1. The van der Waals surface area contributed by atoms with Gasteiger partial charge >= 0.3 is 0 Å². The number of hydrogen-bond donors (Lipinski definition) is 1. The molecule has 88 valence electrons. The summed E-state index contributed by atoms with van der Waals surface area (Å²) in [6, 6.07) is 5.73. The summed E-state index contributed by atoms with van der Waals surface area (Å²) in [4.78, 5) is 0.937. The summed E-state index contributed by atoms with van der Waals surface area (Å²) in [7, 11) is -0.872. The van der Waals surface area contributed by atoms with Gasteiger partial charge in [0.25, 0.3) is 0 Å². The molecule has 0 aliphatic heterocycles. The molecule has 0 radical (unpaired) electrons. The van der Waals surface area contributed by atoms with Crippen LogP contribution in [0.3, 0.4) is 0 Å². The first kappa shape index (κ1) is 11.6. The van der Waals surface area contributed by atoms with Crippen LogP contribution in [0.25, 0.3) is 0 Å². The van der Waals surface area contributed by atoms with Crippen LogP contribution in [0.1, 0.15) is 37.7 Å². The van der Waals surface area contributed by atoms with Crippen molar-refractivity contribution in [1.82, 2.24) is 0 Å². The van der Waals surface area contributed by atoms with Crippen molar-refractivity contribution in [3.05, 3.63) is 23.8 Å². The quantitative estimate of drug-likeness (QED) is 0.803. The molecule has 2 N–H and O–H groups in total. The fraction of sp³-hybridized carbons (Fsp3) is 0.538. The molecule has 16 heavy (non-hydrogen) atoms. The number of nitrogens with two attached hydrogens (primary N) is 1. The highest BCUT2D eigenvalue weighted by Gasteiger charge is 2.22. The lowest BCUT2D eigenvalue weighted by atomic mass is 10.0. The highest BCUT2D eigenvalue weighted by Crippen LogP contribution is 2.28. The summed E-state index contributed by atoms with van der Waals surface area (Å²) in [6.45, 7) is 1.96. The van der Waals surface area contributed by atoms with Gasteiger partial charge in [0.1, 0.15) is 0 Å². The lowest BCUT2D eigenvalue weighted by Crippen LogP contribution is -2.19. The second-order valence-electron chi connectivity index (χ2n) is 4.53. The topological polar surface area (TPSA) is 43.1 Å². The molecule has 1 fully saturated rings. The highest BCUT2D eigenvalue weighted by molar-refractivity contribution is 7.85. The average molecular weight is 237 g/mol. The predicted octanol–water partition coefficient (Wildman–Crippen LogP) is 3.02. The van der Waals surface area contributed by atoms with Gasteiger partial charge in [0.05, 0.1) is 10.8 Å². The molecule has 2 rings (SSSR count). The number of rotatable bonds is 2. The minimum absolute atomic E-state index is 0.342. The molecule has 1 aromatic rings. The van der Waals surface area contributed by atoms with Crippen molar-refractivity contribution in [2.75, 3.05) is 5.73 Å². The van der Waals surface area contributed by atoms with Crippen LogP contribution in [-0.4, -0.2) is 9.46 Å². The fourth-order valence-corrected chi connectivity index (χ4v) is 4.06. The van der Waals surface area contributed by atoms with Gasteiger partial charge in [0.15, 0.2) is 0 Å². The van der Waals surface area contributed by atoms with Crippen molar-refractivity contribution in [3.63, 3.8) is 0 Å². The molecule has 0 aromatic heterocycles. The van der Waals surface area contributed by atoms with E-state index in [1.165, 1.54) is 19.3 Å². The Balaban J connectivity index is 2.22. The van der Waals surface area contributed by atoms with E-state index in [1.807, 2.05) is 25.1 Å². The van der Waals surface area contributed by atoms with Crippen LogP contribution >= 0.6 is 0 Å². The van der Waals surface area contributed by atoms with Crippen molar-refractivity contribution in [3.8, 4) is 0 Å². The van der Waals surface area contributed by atoms with Gasteiger partial charge in [-0.25, -0.2) is 0 Å². The summed E-state index contributed by atoms with van der Waals surface area (Å²) >= 11 is 0. The monoisotopic (exact) mass is 237 g/mol. The largest absolute Gasteiger partial charge is 0.398 e. The molecule has 0 bridgehead atoms. The minimum atomic E-state index is -0.872. The average Bonchev–Trinajstić information content (AvgIpc) is 2.33. The fourth-order valence-electron chi connectivity index (χ4n) is 2.31. The smallest absolute Gasteiger partial charge is 0.0564 e. The molecule has 2 nitrogen and oxygen atoms in total. The Kier molecular flexibility index (Phi) is 3.64. The van der Waals surface area contributed by atoms with E-state index in [4.69, 9.17) is 5.73 Å². The Morgan fingerprint density at radius 2 is 1.94 bits per heavy atom. The molecule has 0 heterocycles. The molecule has 1 aliphatic carbocycles. The van der Waals surface area contributed by atoms with Crippen molar-refractivity contribution in [2.24, 2.45) is 0 Å². The lowest BCUT2D eigenvalue weighted by molar-refractivity contribution is 0.504. The van der Waals surface area contributed by atoms with Gasteiger partial charge in [-0.05, 0) is 37.5 Å². The standard InChI is InChI=1S/C13H19NOS/c1-10-12(14)8-5-9-13(10)16(15)11-6-3-2-4-7-11/h5,8-9,11H,2-4,6-7,14H2,1H3. The van der Waals surface area contributed by atoms with E-state index in [2.05, 4.69) is 0 Å². The van der Waals surface area contributed by atoms with E-state index in [0.29, 0.717) is 5.25 Å². The van der Waals surface area contributed by atoms with Crippen molar-refractivity contribution < 1.29 is 4.21 Å². The molecular weight excluding hydrogens is 218 g/mol. The van der Waals surface area contributed by atoms with Crippen LogP contribution in [-0.2, 0) is 10.8 Å². The Hall–Kier alpha value is -0.830. The number of anilines is 1.